The average molecular weight is 528 g/mol. The summed E-state index contributed by atoms with van der Waals surface area (Å²) >= 11 is 8.33. The van der Waals surface area contributed by atoms with E-state index in [9.17, 15) is 9.59 Å². The van der Waals surface area contributed by atoms with Gasteiger partial charge in [0.2, 0.25) is 11.6 Å². The number of aliphatic imine (C=N–C) groups is 1. The Hall–Kier alpha value is -2.59. The molecule has 0 spiro atoms. The third-order valence-corrected chi connectivity index (χ3v) is 4.81. The molecule has 0 unspecified atom stereocenters. The van der Waals surface area contributed by atoms with Crippen LogP contribution in [0, 0.1) is 3.57 Å². The van der Waals surface area contributed by atoms with E-state index in [2.05, 4.69) is 27.6 Å². The number of hydrogen-bond donors (Lipinski definition) is 0. The van der Waals surface area contributed by atoms with Gasteiger partial charge in [0.05, 0.1) is 24.8 Å². The topological polar surface area (TPSA) is 83.4 Å². The highest BCUT2D eigenvalue weighted by atomic mass is 127. The van der Waals surface area contributed by atoms with Crippen LogP contribution in [0.25, 0.3) is 6.08 Å². The van der Waals surface area contributed by atoms with E-state index in [1.54, 1.807) is 24.3 Å². The van der Waals surface area contributed by atoms with Crippen molar-refractivity contribution >= 4 is 58.1 Å². The van der Waals surface area contributed by atoms with Crippen molar-refractivity contribution < 1.29 is 28.5 Å². The molecule has 0 saturated carbocycles. The van der Waals surface area contributed by atoms with Crippen molar-refractivity contribution in [3.63, 3.8) is 0 Å². The first-order valence-electron chi connectivity index (χ1n) is 8.24. The lowest BCUT2D eigenvalue weighted by molar-refractivity contribution is -0.132. The van der Waals surface area contributed by atoms with Gasteiger partial charge in [-0.3, -0.25) is 4.79 Å². The van der Waals surface area contributed by atoms with Gasteiger partial charge in [-0.15, -0.1) is 0 Å². The molecule has 2 aromatic rings. The van der Waals surface area contributed by atoms with E-state index >= 15 is 0 Å². The molecule has 150 valence electrons. The first-order valence-corrected chi connectivity index (χ1v) is 9.70. The fourth-order valence-electron chi connectivity index (χ4n) is 2.57. The SMILES string of the molecule is COc1cc(/C=C2/N=C(c3cc(I)ccc3Cl)OC2=O)cc(OC)c1OC(C)=O. The maximum absolute atomic E-state index is 12.3. The minimum absolute atomic E-state index is 0.0827. The summed E-state index contributed by atoms with van der Waals surface area (Å²) in [6.07, 6.45) is 1.51. The van der Waals surface area contributed by atoms with Crippen LogP contribution in [0.4, 0.5) is 0 Å². The van der Waals surface area contributed by atoms with Crippen LogP contribution in [0.1, 0.15) is 18.1 Å². The van der Waals surface area contributed by atoms with Gasteiger partial charge in [0.25, 0.3) is 0 Å². The van der Waals surface area contributed by atoms with E-state index < -0.39 is 11.9 Å². The second kappa shape index (κ2) is 8.83. The minimum Gasteiger partial charge on any atom is -0.493 e. The number of carbonyl (C=O) groups is 2. The van der Waals surface area contributed by atoms with Gasteiger partial charge in [0.1, 0.15) is 0 Å². The fraction of sp³-hybridized carbons (Fsp3) is 0.150. The normalized spacial score (nSPS) is 14.4. The number of methoxy groups -OCH3 is 2. The van der Waals surface area contributed by atoms with Crippen molar-refractivity contribution in [2.24, 2.45) is 4.99 Å². The van der Waals surface area contributed by atoms with Crippen LogP contribution in [0.5, 0.6) is 17.2 Å². The Balaban J connectivity index is 2.03. The summed E-state index contributed by atoms with van der Waals surface area (Å²) < 4.78 is 21.9. The molecule has 0 amide bonds. The molecule has 3 rings (SSSR count). The third-order valence-electron chi connectivity index (χ3n) is 3.81. The van der Waals surface area contributed by atoms with Gasteiger partial charge in [-0.25, -0.2) is 9.79 Å². The molecule has 9 heteroatoms. The number of halogens is 2. The summed E-state index contributed by atoms with van der Waals surface area (Å²) in [5, 5.41) is 0.423. The number of carbonyl (C=O) groups excluding carboxylic acids is 2. The zero-order valence-corrected chi connectivity index (χ0v) is 18.5. The van der Waals surface area contributed by atoms with Crippen molar-refractivity contribution in [2.75, 3.05) is 14.2 Å². The molecule has 1 aliphatic heterocycles. The Kier molecular flexibility index (Phi) is 6.43. The molecular formula is C20H15ClINO6. The van der Waals surface area contributed by atoms with Crippen LogP contribution >= 0.6 is 34.2 Å². The third kappa shape index (κ3) is 4.70. The largest absolute Gasteiger partial charge is 0.493 e. The molecule has 0 aromatic heterocycles. The quantitative estimate of drug-likeness (QED) is 0.250. The first kappa shape index (κ1) is 21.1. The summed E-state index contributed by atoms with van der Waals surface area (Å²) in [4.78, 5) is 27.9. The number of rotatable bonds is 5. The standard InChI is InChI=1S/C20H15ClINO6/c1-10(24)28-18-16(26-2)7-11(8-17(18)27-3)6-15-20(25)29-19(23-15)13-9-12(22)4-5-14(13)21/h4-9H,1-3H3/b15-6+. The van der Waals surface area contributed by atoms with Gasteiger partial charge in [0.15, 0.2) is 17.2 Å². The van der Waals surface area contributed by atoms with Gasteiger partial charge >= 0.3 is 11.9 Å². The van der Waals surface area contributed by atoms with Crippen LogP contribution in [0.3, 0.4) is 0 Å². The number of cyclic esters (lactones) is 1. The smallest absolute Gasteiger partial charge is 0.363 e. The summed E-state index contributed by atoms with van der Waals surface area (Å²) in [5.74, 6) is -0.327. The highest BCUT2D eigenvalue weighted by Crippen LogP contribution is 2.39. The summed E-state index contributed by atoms with van der Waals surface area (Å²) in [6, 6.07) is 8.50. The van der Waals surface area contributed by atoms with Crippen molar-refractivity contribution in [1.29, 1.82) is 0 Å². The summed E-state index contributed by atoms with van der Waals surface area (Å²) in [6.45, 7) is 1.27. The Bertz CT molecular complexity index is 1040. The molecule has 7 nitrogen and oxygen atoms in total. The van der Waals surface area contributed by atoms with Crippen molar-refractivity contribution in [3.05, 3.63) is 55.7 Å². The van der Waals surface area contributed by atoms with E-state index in [0.717, 1.165) is 3.57 Å². The molecule has 0 radical (unpaired) electrons. The maximum Gasteiger partial charge on any atom is 0.363 e. The molecule has 0 atom stereocenters. The predicted molar refractivity (Wildman–Crippen MR) is 116 cm³/mol. The molecule has 1 aliphatic rings. The van der Waals surface area contributed by atoms with Gasteiger partial charge in [-0.2, -0.15) is 0 Å². The maximum atomic E-state index is 12.3. The van der Waals surface area contributed by atoms with Crippen molar-refractivity contribution in [2.45, 2.75) is 6.92 Å². The van der Waals surface area contributed by atoms with E-state index in [-0.39, 0.29) is 28.8 Å². The highest BCUT2D eigenvalue weighted by molar-refractivity contribution is 14.1. The van der Waals surface area contributed by atoms with Gasteiger partial charge in [-0.05, 0) is 64.6 Å². The summed E-state index contributed by atoms with van der Waals surface area (Å²) in [5.41, 5.74) is 1.15. The molecule has 0 fully saturated rings. The van der Waals surface area contributed by atoms with Crippen molar-refractivity contribution in [3.8, 4) is 17.2 Å². The minimum atomic E-state index is -0.614. The summed E-state index contributed by atoms with van der Waals surface area (Å²) in [7, 11) is 2.86. The number of ether oxygens (including phenoxy) is 4. The lowest BCUT2D eigenvalue weighted by atomic mass is 10.1. The average Bonchev–Trinajstić information content (AvgIpc) is 3.04. The molecule has 0 N–H and O–H groups in total. The number of hydrogen-bond acceptors (Lipinski definition) is 7. The van der Waals surface area contributed by atoms with E-state index in [0.29, 0.717) is 16.1 Å². The zero-order valence-electron chi connectivity index (χ0n) is 15.6. The van der Waals surface area contributed by atoms with E-state index in [1.165, 1.54) is 27.2 Å². The lowest BCUT2D eigenvalue weighted by Crippen LogP contribution is -2.06. The van der Waals surface area contributed by atoms with Gasteiger partial charge < -0.3 is 18.9 Å². The monoisotopic (exact) mass is 527 g/mol. The molecule has 0 aliphatic carbocycles. The Morgan fingerprint density at radius 1 is 1.17 bits per heavy atom. The zero-order chi connectivity index (χ0) is 21.1. The van der Waals surface area contributed by atoms with Crippen LogP contribution < -0.4 is 14.2 Å². The van der Waals surface area contributed by atoms with Crippen LogP contribution in [-0.2, 0) is 14.3 Å². The number of nitrogens with zero attached hydrogens (tertiary/aromatic N) is 1. The van der Waals surface area contributed by atoms with Gasteiger partial charge in [-0.1, -0.05) is 11.6 Å². The van der Waals surface area contributed by atoms with Crippen LogP contribution in [-0.4, -0.2) is 32.1 Å². The van der Waals surface area contributed by atoms with E-state index in [4.69, 9.17) is 30.5 Å². The number of benzene rings is 2. The number of esters is 2. The lowest BCUT2D eigenvalue weighted by Gasteiger charge is -2.13. The Morgan fingerprint density at radius 2 is 1.83 bits per heavy atom. The van der Waals surface area contributed by atoms with Crippen molar-refractivity contribution in [1.82, 2.24) is 0 Å². The predicted octanol–water partition coefficient (Wildman–Crippen LogP) is 4.23. The molecule has 2 aromatic carbocycles. The fourth-order valence-corrected chi connectivity index (χ4v) is 3.26. The molecule has 29 heavy (non-hydrogen) atoms. The Morgan fingerprint density at radius 3 is 2.41 bits per heavy atom. The van der Waals surface area contributed by atoms with E-state index in [1.807, 2.05) is 6.07 Å². The second-order valence-corrected chi connectivity index (χ2v) is 7.46. The van der Waals surface area contributed by atoms with Crippen LogP contribution in [0.2, 0.25) is 5.02 Å². The Labute approximate surface area is 185 Å². The second-order valence-electron chi connectivity index (χ2n) is 5.81. The first-order chi connectivity index (χ1) is 13.8. The molecular weight excluding hydrogens is 513 g/mol. The molecule has 0 saturated heterocycles. The molecule has 0 bridgehead atoms. The highest BCUT2D eigenvalue weighted by Gasteiger charge is 2.26. The van der Waals surface area contributed by atoms with Crippen LogP contribution in [0.15, 0.2) is 41.0 Å². The van der Waals surface area contributed by atoms with Gasteiger partial charge in [0, 0.05) is 10.5 Å². The molecule has 1 heterocycles.